The molecular formula is C12H20NO5+. The predicted octanol–water partition coefficient (Wildman–Crippen LogP) is -1.44. The molecule has 0 spiro atoms. The minimum atomic E-state index is -0.565. The highest BCUT2D eigenvalue weighted by atomic mass is 16.5. The van der Waals surface area contributed by atoms with Gasteiger partial charge in [-0.15, -0.1) is 0 Å². The highest BCUT2D eigenvalue weighted by Crippen LogP contribution is 1.86. The van der Waals surface area contributed by atoms with Gasteiger partial charge < -0.3 is 19.1 Å². The van der Waals surface area contributed by atoms with E-state index < -0.39 is 11.9 Å². The second-order valence-corrected chi connectivity index (χ2v) is 3.99. The average molecular weight is 258 g/mol. The van der Waals surface area contributed by atoms with Crippen LogP contribution in [-0.4, -0.2) is 58.5 Å². The lowest BCUT2D eigenvalue weighted by atomic mass is 10.3. The summed E-state index contributed by atoms with van der Waals surface area (Å²) < 4.78 is 14.6. The van der Waals surface area contributed by atoms with Gasteiger partial charge in [-0.25, -0.2) is 9.59 Å². The number of hydrogen-bond acceptors (Lipinski definition) is 5. The van der Waals surface area contributed by atoms with Crippen molar-refractivity contribution in [2.45, 2.75) is 6.42 Å². The van der Waals surface area contributed by atoms with Crippen LogP contribution in [0.1, 0.15) is 6.42 Å². The van der Waals surface area contributed by atoms with Crippen molar-refractivity contribution < 1.29 is 28.7 Å². The lowest BCUT2D eigenvalue weighted by Gasteiger charge is -2.23. The van der Waals surface area contributed by atoms with E-state index in [2.05, 4.69) is 4.74 Å². The molecule has 6 heteroatoms. The fourth-order valence-corrected chi connectivity index (χ4v) is 1.66. The van der Waals surface area contributed by atoms with E-state index in [1.54, 1.807) is 0 Å². The summed E-state index contributed by atoms with van der Waals surface area (Å²) >= 11 is 0. The first-order valence-corrected chi connectivity index (χ1v) is 6.06. The highest BCUT2D eigenvalue weighted by Gasteiger charge is 2.12. The Hall–Kier alpha value is -1.40. The van der Waals surface area contributed by atoms with Crippen molar-refractivity contribution in [3.8, 4) is 0 Å². The number of hydrogen-bond donors (Lipinski definition) is 1. The summed E-state index contributed by atoms with van der Waals surface area (Å²) in [4.78, 5) is 23.4. The molecule has 1 N–H and O–H groups in total. The molecule has 0 aliphatic carbocycles. The number of esters is 2. The molecule has 1 fully saturated rings. The van der Waals surface area contributed by atoms with E-state index in [4.69, 9.17) is 9.47 Å². The van der Waals surface area contributed by atoms with Crippen molar-refractivity contribution in [2.75, 3.05) is 46.6 Å². The number of rotatable bonds is 6. The van der Waals surface area contributed by atoms with E-state index in [-0.39, 0.29) is 0 Å². The average Bonchev–Trinajstić information content (AvgIpc) is 2.42. The van der Waals surface area contributed by atoms with Crippen LogP contribution in [0.15, 0.2) is 12.2 Å². The Morgan fingerprint density at radius 2 is 1.89 bits per heavy atom. The SMILES string of the molecule is COC(=O)/C=C/C(=O)OCCC[NH+]1CCOCC1. The Morgan fingerprint density at radius 3 is 2.56 bits per heavy atom. The van der Waals surface area contributed by atoms with Gasteiger partial charge in [-0.2, -0.15) is 0 Å². The van der Waals surface area contributed by atoms with Crippen LogP contribution in [-0.2, 0) is 23.8 Å². The van der Waals surface area contributed by atoms with Gasteiger partial charge in [0.25, 0.3) is 0 Å². The van der Waals surface area contributed by atoms with Crippen molar-refractivity contribution in [3.63, 3.8) is 0 Å². The largest absolute Gasteiger partial charge is 0.466 e. The zero-order valence-electron chi connectivity index (χ0n) is 10.6. The zero-order chi connectivity index (χ0) is 13.2. The smallest absolute Gasteiger partial charge is 0.331 e. The van der Waals surface area contributed by atoms with Crippen LogP contribution < -0.4 is 4.90 Å². The summed E-state index contributed by atoms with van der Waals surface area (Å²) in [6, 6.07) is 0. The molecule has 0 aromatic heterocycles. The lowest BCUT2D eigenvalue weighted by molar-refractivity contribution is -0.908. The monoisotopic (exact) mass is 258 g/mol. The quantitative estimate of drug-likeness (QED) is 0.359. The molecule has 1 aliphatic rings. The van der Waals surface area contributed by atoms with E-state index in [0.717, 1.165) is 51.4 Å². The Kier molecular flexibility index (Phi) is 7.05. The molecule has 0 atom stereocenters. The molecule has 18 heavy (non-hydrogen) atoms. The fraction of sp³-hybridized carbons (Fsp3) is 0.667. The normalized spacial score (nSPS) is 16.7. The van der Waals surface area contributed by atoms with Gasteiger partial charge in [-0.05, 0) is 0 Å². The minimum Gasteiger partial charge on any atom is -0.466 e. The zero-order valence-corrected chi connectivity index (χ0v) is 10.6. The molecular weight excluding hydrogens is 238 g/mol. The molecule has 0 aromatic rings. The molecule has 0 aromatic carbocycles. The Morgan fingerprint density at radius 1 is 1.22 bits per heavy atom. The number of ether oxygens (including phenoxy) is 3. The lowest BCUT2D eigenvalue weighted by Crippen LogP contribution is -3.14. The molecule has 0 amide bonds. The number of morpholine rings is 1. The van der Waals surface area contributed by atoms with Crippen molar-refractivity contribution >= 4 is 11.9 Å². The van der Waals surface area contributed by atoms with Crippen LogP contribution >= 0.6 is 0 Å². The van der Waals surface area contributed by atoms with Gasteiger partial charge in [-0.3, -0.25) is 0 Å². The highest BCUT2D eigenvalue weighted by molar-refractivity contribution is 5.91. The fourth-order valence-electron chi connectivity index (χ4n) is 1.66. The predicted molar refractivity (Wildman–Crippen MR) is 63.1 cm³/mol. The third-order valence-corrected chi connectivity index (χ3v) is 2.68. The molecule has 0 saturated carbocycles. The van der Waals surface area contributed by atoms with Crippen LogP contribution in [0.5, 0.6) is 0 Å². The van der Waals surface area contributed by atoms with Gasteiger partial charge in [0.15, 0.2) is 0 Å². The van der Waals surface area contributed by atoms with Crippen LogP contribution in [0.3, 0.4) is 0 Å². The summed E-state index contributed by atoms with van der Waals surface area (Å²) in [5.74, 6) is -1.08. The van der Waals surface area contributed by atoms with Gasteiger partial charge in [0, 0.05) is 18.6 Å². The van der Waals surface area contributed by atoms with Gasteiger partial charge >= 0.3 is 11.9 Å². The summed E-state index contributed by atoms with van der Waals surface area (Å²) in [5, 5.41) is 0. The summed E-state index contributed by atoms with van der Waals surface area (Å²) in [6.07, 6.45) is 2.94. The van der Waals surface area contributed by atoms with E-state index in [1.165, 1.54) is 12.0 Å². The standard InChI is InChI=1S/C12H19NO5/c1-16-11(14)3-4-12(15)18-8-2-5-13-6-9-17-10-7-13/h3-4H,2,5-10H2,1H3/p+1/b4-3+. The third-order valence-electron chi connectivity index (χ3n) is 2.68. The van der Waals surface area contributed by atoms with Crippen LogP contribution in [0.2, 0.25) is 0 Å². The molecule has 0 bridgehead atoms. The maximum atomic E-state index is 11.2. The number of carbonyl (C=O) groups excluding carboxylic acids is 2. The van der Waals surface area contributed by atoms with Crippen molar-refractivity contribution in [1.29, 1.82) is 0 Å². The minimum absolute atomic E-state index is 0.370. The molecule has 1 saturated heterocycles. The van der Waals surface area contributed by atoms with Crippen molar-refractivity contribution in [3.05, 3.63) is 12.2 Å². The van der Waals surface area contributed by atoms with E-state index in [9.17, 15) is 9.59 Å². The summed E-state index contributed by atoms with van der Waals surface area (Å²) in [6.45, 7) is 4.96. The summed E-state index contributed by atoms with van der Waals surface area (Å²) in [5.41, 5.74) is 0. The number of methoxy groups -OCH3 is 1. The molecule has 6 nitrogen and oxygen atoms in total. The molecule has 1 aliphatic heterocycles. The van der Waals surface area contributed by atoms with Crippen LogP contribution in [0.25, 0.3) is 0 Å². The van der Waals surface area contributed by atoms with E-state index in [1.807, 2.05) is 0 Å². The Labute approximate surface area is 106 Å². The Bertz CT molecular complexity index is 297. The molecule has 0 radical (unpaired) electrons. The second kappa shape index (κ2) is 8.66. The molecule has 0 unspecified atom stereocenters. The van der Waals surface area contributed by atoms with Crippen molar-refractivity contribution in [1.82, 2.24) is 0 Å². The maximum absolute atomic E-state index is 11.2. The molecule has 1 heterocycles. The molecule has 1 rings (SSSR count). The van der Waals surface area contributed by atoms with Gasteiger partial charge in [-0.1, -0.05) is 0 Å². The van der Waals surface area contributed by atoms with Crippen LogP contribution in [0, 0.1) is 0 Å². The maximum Gasteiger partial charge on any atom is 0.331 e. The second-order valence-electron chi connectivity index (χ2n) is 3.99. The van der Waals surface area contributed by atoms with Gasteiger partial charge in [0.2, 0.25) is 0 Å². The first kappa shape index (κ1) is 14.7. The van der Waals surface area contributed by atoms with E-state index >= 15 is 0 Å². The number of quaternary nitrogens is 1. The Balaban J connectivity index is 2.04. The van der Waals surface area contributed by atoms with Gasteiger partial charge in [0.1, 0.15) is 13.1 Å². The van der Waals surface area contributed by atoms with Gasteiger partial charge in [0.05, 0.1) is 33.5 Å². The number of carbonyl (C=O) groups is 2. The summed E-state index contributed by atoms with van der Waals surface area (Å²) in [7, 11) is 1.25. The van der Waals surface area contributed by atoms with Crippen LogP contribution in [0.4, 0.5) is 0 Å². The third kappa shape index (κ3) is 6.36. The number of nitrogens with one attached hydrogen (secondary N) is 1. The topological polar surface area (TPSA) is 66.3 Å². The first-order chi connectivity index (χ1) is 8.72. The van der Waals surface area contributed by atoms with E-state index in [0.29, 0.717) is 6.61 Å². The van der Waals surface area contributed by atoms with Crippen molar-refractivity contribution in [2.24, 2.45) is 0 Å². The first-order valence-electron chi connectivity index (χ1n) is 6.06. The molecule has 102 valence electrons.